The SMILES string of the molecule is CN1CCN(c2ccc(Nc3nc4c(c(Cc5cccc(CS(=O)(=O)C(C)(C)C)c5)n3)CCCC4)cc2)CC1. The van der Waals surface area contributed by atoms with Crippen molar-refractivity contribution in [3.8, 4) is 0 Å². The van der Waals surface area contributed by atoms with Crippen molar-refractivity contribution >= 4 is 27.2 Å². The van der Waals surface area contributed by atoms with E-state index in [1.807, 2.05) is 18.2 Å². The summed E-state index contributed by atoms with van der Waals surface area (Å²) in [6.07, 6.45) is 4.90. The number of rotatable bonds is 7. The number of nitrogens with one attached hydrogen (secondary N) is 1. The van der Waals surface area contributed by atoms with Gasteiger partial charge in [0.1, 0.15) is 0 Å². The molecule has 1 N–H and O–H groups in total. The Morgan fingerprint density at radius 1 is 0.897 bits per heavy atom. The summed E-state index contributed by atoms with van der Waals surface area (Å²) in [7, 11) is -1.08. The topological polar surface area (TPSA) is 78.4 Å². The second-order valence-corrected chi connectivity index (χ2v) is 14.7. The molecule has 5 rings (SSSR count). The van der Waals surface area contributed by atoms with E-state index < -0.39 is 14.6 Å². The Labute approximate surface area is 233 Å². The quantitative estimate of drug-likeness (QED) is 0.438. The number of hydrogen-bond acceptors (Lipinski definition) is 7. The fraction of sp³-hybridized carbons (Fsp3) is 0.484. The Kier molecular flexibility index (Phi) is 7.96. The minimum absolute atomic E-state index is 0.0448. The van der Waals surface area contributed by atoms with Crippen molar-refractivity contribution in [2.75, 3.05) is 43.4 Å². The van der Waals surface area contributed by atoms with E-state index in [2.05, 4.69) is 52.5 Å². The van der Waals surface area contributed by atoms with Crippen molar-refractivity contribution in [1.29, 1.82) is 0 Å². The zero-order valence-electron chi connectivity index (χ0n) is 23.7. The average Bonchev–Trinajstić information content (AvgIpc) is 2.89. The van der Waals surface area contributed by atoms with Crippen molar-refractivity contribution in [2.45, 2.75) is 63.4 Å². The summed E-state index contributed by atoms with van der Waals surface area (Å²) in [4.78, 5) is 14.7. The number of fused-ring (bicyclic) bond motifs is 1. The number of piperazine rings is 1. The monoisotopic (exact) mass is 547 g/mol. The van der Waals surface area contributed by atoms with Gasteiger partial charge in [0.2, 0.25) is 5.95 Å². The average molecular weight is 548 g/mol. The van der Waals surface area contributed by atoms with Crippen LogP contribution in [0.2, 0.25) is 0 Å². The van der Waals surface area contributed by atoms with Gasteiger partial charge in [-0.25, -0.2) is 18.4 Å². The van der Waals surface area contributed by atoms with E-state index in [1.165, 1.54) is 11.3 Å². The van der Waals surface area contributed by atoms with Gasteiger partial charge in [0.05, 0.1) is 16.2 Å². The van der Waals surface area contributed by atoms with Crippen molar-refractivity contribution in [3.63, 3.8) is 0 Å². The van der Waals surface area contributed by atoms with Crippen LogP contribution in [0.15, 0.2) is 48.5 Å². The van der Waals surface area contributed by atoms with Crippen LogP contribution in [-0.2, 0) is 34.9 Å². The maximum Gasteiger partial charge on any atom is 0.227 e. The van der Waals surface area contributed by atoms with Crippen LogP contribution in [0.4, 0.5) is 17.3 Å². The van der Waals surface area contributed by atoms with Crippen LogP contribution >= 0.6 is 0 Å². The molecular weight excluding hydrogens is 506 g/mol. The molecular formula is C31H41N5O2S. The van der Waals surface area contributed by atoms with Gasteiger partial charge in [-0.3, -0.25) is 0 Å². The third-order valence-corrected chi connectivity index (χ3v) is 10.5. The van der Waals surface area contributed by atoms with Crippen LogP contribution in [0, 0.1) is 0 Å². The molecule has 3 aromatic rings. The highest BCUT2D eigenvalue weighted by Gasteiger charge is 2.29. The first-order valence-corrected chi connectivity index (χ1v) is 15.7. The van der Waals surface area contributed by atoms with Crippen molar-refractivity contribution in [1.82, 2.24) is 14.9 Å². The van der Waals surface area contributed by atoms with Crippen LogP contribution in [-0.4, -0.2) is 61.3 Å². The van der Waals surface area contributed by atoms with E-state index in [-0.39, 0.29) is 5.75 Å². The summed E-state index contributed by atoms with van der Waals surface area (Å²) < 4.78 is 24.8. The molecule has 0 saturated carbocycles. The zero-order valence-corrected chi connectivity index (χ0v) is 24.5. The summed E-state index contributed by atoms with van der Waals surface area (Å²) in [6, 6.07) is 16.5. The predicted molar refractivity (Wildman–Crippen MR) is 160 cm³/mol. The van der Waals surface area contributed by atoms with Gasteiger partial charge >= 0.3 is 0 Å². The van der Waals surface area contributed by atoms with Gasteiger partial charge in [-0.15, -0.1) is 0 Å². The number of aryl methyl sites for hydroxylation is 1. The fourth-order valence-corrected chi connectivity index (χ4v) is 6.33. The number of hydrogen-bond donors (Lipinski definition) is 1. The van der Waals surface area contributed by atoms with Crippen LogP contribution in [0.3, 0.4) is 0 Å². The molecule has 0 atom stereocenters. The van der Waals surface area contributed by atoms with Crippen LogP contribution in [0.5, 0.6) is 0 Å². The number of likely N-dealkylation sites (N-methyl/N-ethyl adjacent to an activating group) is 1. The molecule has 2 aliphatic rings. The third kappa shape index (κ3) is 6.61. The molecule has 2 heterocycles. The van der Waals surface area contributed by atoms with Gasteiger partial charge in [-0.05, 0) is 94.5 Å². The maximum atomic E-state index is 12.8. The first-order valence-electron chi connectivity index (χ1n) is 14.1. The number of anilines is 3. The van der Waals surface area contributed by atoms with Gasteiger partial charge in [0.25, 0.3) is 0 Å². The highest BCUT2D eigenvalue weighted by molar-refractivity contribution is 7.91. The molecule has 1 fully saturated rings. The Balaban J connectivity index is 1.35. The molecule has 1 aliphatic heterocycles. The molecule has 1 aliphatic carbocycles. The summed E-state index contributed by atoms with van der Waals surface area (Å²) in [6.45, 7) is 9.53. The van der Waals surface area contributed by atoms with E-state index in [1.54, 1.807) is 20.8 Å². The minimum atomic E-state index is -3.25. The molecule has 39 heavy (non-hydrogen) atoms. The van der Waals surface area contributed by atoms with Crippen molar-refractivity contribution < 1.29 is 8.42 Å². The number of aromatic nitrogens is 2. The molecule has 0 bridgehead atoms. The summed E-state index contributed by atoms with van der Waals surface area (Å²) >= 11 is 0. The standard InChI is InChI=1S/C31H41N5O2S/c1-31(2,3)39(37,38)22-24-9-7-8-23(20-24)21-29-27-10-5-6-11-28(27)33-30(34-29)32-25-12-14-26(15-13-25)36-18-16-35(4)17-19-36/h7-9,12-15,20H,5-6,10-11,16-19,21-22H2,1-4H3,(H,32,33,34). The molecule has 8 heteroatoms. The van der Waals surface area contributed by atoms with E-state index in [0.717, 1.165) is 80.1 Å². The van der Waals surface area contributed by atoms with Crippen LogP contribution in [0.1, 0.15) is 61.7 Å². The lowest BCUT2D eigenvalue weighted by Gasteiger charge is -2.34. The lowest BCUT2D eigenvalue weighted by molar-refractivity contribution is 0.313. The fourth-order valence-electron chi connectivity index (χ4n) is 5.28. The Hall–Kier alpha value is -2.97. The number of benzene rings is 2. The van der Waals surface area contributed by atoms with Gasteiger partial charge in [0.15, 0.2) is 9.84 Å². The van der Waals surface area contributed by atoms with Crippen molar-refractivity contribution in [3.05, 3.63) is 76.6 Å². The van der Waals surface area contributed by atoms with Gasteiger partial charge in [0, 0.05) is 49.7 Å². The van der Waals surface area contributed by atoms with Crippen LogP contribution in [0.25, 0.3) is 0 Å². The molecule has 1 saturated heterocycles. The lowest BCUT2D eigenvalue weighted by atomic mass is 9.92. The Morgan fingerprint density at radius 3 is 2.31 bits per heavy atom. The molecule has 2 aromatic carbocycles. The lowest BCUT2D eigenvalue weighted by Crippen LogP contribution is -2.44. The Bertz CT molecular complexity index is 1410. The second kappa shape index (κ2) is 11.3. The molecule has 0 amide bonds. The van der Waals surface area contributed by atoms with E-state index >= 15 is 0 Å². The second-order valence-electron chi connectivity index (χ2n) is 12.0. The van der Waals surface area contributed by atoms with Gasteiger partial charge < -0.3 is 15.1 Å². The van der Waals surface area contributed by atoms with E-state index in [9.17, 15) is 8.42 Å². The minimum Gasteiger partial charge on any atom is -0.369 e. The van der Waals surface area contributed by atoms with Gasteiger partial charge in [-0.1, -0.05) is 24.3 Å². The molecule has 208 valence electrons. The molecule has 1 aromatic heterocycles. The Morgan fingerprint density at radius 2 is 1.59 bits per heavy atom. The van der Waals surface area contributed by atoms with Gasteiger partial charge in [-0.2, -0.15) is 0 Å². The highest BCUT2D eigenvalue weighted by Crippen LogP contribution is 2.28. The zero-order chi connectivity index (χ0) is 27.6. The first-order chi connectivity index (χ1) is 18.6. The third-order valence-electron chi connectivity index (χ3n) is 7.91. The first kappa shape index (κ1) is 27.6. The maximum absolute atomic E-state index is 12.8. The van der Waals surface area contributed by atoms with Crippen LogP contribution < -0.4 is 10.2 Å². The summed E-state index contributed by atoms with van der Waals surface area (Å²) in [5.41, 5.74) is 7.54. The van der Waals surface area contributed by atoms with E-state index in [4.69, 9.17) is 9.97 Å². The van der Waals surface area contributed by atoms with E-state index in [0.29, 0.717) is 12.4 Å². The number of sulfone groups is 1. The summed E-state index contributed by atoms with van der Waals surface area (Å²) in [5, 5.41) is 3.45. The summed E-state index contributed by atoms with van der Waals surface area (Å²) in [5.74, 6) is 0.674. The van der Waals surface area contributed by atoms with Crippen molar-refractivity contribution in [2.24, 2.45) is 0 Å². The molecule has 7 nitrogen and oxygen atoms in total. The largest absolute Gasteiger partial charge is 0.369 e. The smallest absolute Gasteiger partial charge is 0.227 e. The number of nitrogens with zero attached hydrogens (tertiary/aromatic N) is 4. The predicted octanol–water partition coefficient (Wildman–Crippen LogP) is 5.15. The molecule has 0 spiro atoms. The molecule has 0 unspecified atom stereocenters. The highest BCUT2D eigenvalue weighted by atomic mass is 32.2. The normalized spacial score (nSPS) is 16.7. The molecule has 0 radical (unpaired) electrons.